The number of rotatable bonds is 7. The number of primary amides is 1. The van der Waals surface area contributed by atoms with Crippen LogP contribution in [0.25, 0.3) is 11.1 Å². The molecule has 12 heteroatoms. The second-order valence-electron chi connectivity index (χ2n) is 7.46. The van der Waals surface area contributed by atoms with E-state index in [2.05, 4.69) is 9.88 Å². The van der Waals surface area contributed by atoms with Crippen molar-refractivity contribution in [3.8, 4) is 11.1 Å². The summed E-state index contributed by atoms with van der Waals surface area (Å²) in [5.41, 5.74) is 9.79. The highest BCUT2D eigenvalue weighted by Crippen LogP contribution is 2.41. The molecule has 0 saturated heterocycles. The highest BCUT2D eigenvalue weighted by Gasteiger charge is 2.32. The lowest BCUT2D eigenvalue weighted by Crippen LogP contribution is -2.19. The van der Waals surface area contributed by atoms with Crippen LogP contribution in [-0.2, 0) is 26.2 Å². The lowest BCUT2D eigenvalue weighted by Gasteiger charge is -2.18. The lowest BCUT2D eigenvalue weighted by molar-refractivity contribution is -0.142. The molecule has 0 aliphatic carbocycles. The molecule has 0 bridgehead atoms. The van der Waals surface area contributed by atoms with Crippen LogP contribution in [0.3, 0.4) is 0 Å². The summed E-state index contributed by atoms with van der Waals surface area (Å²) in [5, 5.41) is 5.20. The Morgan fingerprint density at radius 1 is 1.24 bits per heavy atom. The van der Waals surface area contributed by atoms with E-state index in [-0.39, 0.29) is 32.8 Å². The first-order valence-electron chi connectivity index (χ1n) is 9.64. The minimum atomic E-state index is -4.36. The van der Waals surface area contributed by atoms with Gasteiger partial charge in [0.2, 0.25) is 0 Å². The van der Waals surface area contributed by atoms with Gasteiger partial charge in [-0.05, 0) is 55.5 Å². The number of ether oxygens (including phenoxy) is 1. The quantitative estimate of drug-likeness (QED) is 0.451. The van der Waals surface area contributed by atoms with Gasteiger partial charge in [-0.25, -0.2) is 13.1 Å². The summed E-state index contributed by atoms with van der Waals surface area (Å²) < 4.78 is 39.2. The van der Waals surface area contributed by atoms with Crippen LogP contribution in [0.2, 0.25) is 5.02 Å². The number of esters is 1. The van der Waals surface area contributed by atoms with Crippen LogP contribution in [0.1, 0.15) is 44.5 Å². The van der Waals surface area contributed by atoms with E-state index in [1.807, 2.05) is 19.9 Å². The first-order valence-corrected chi connectivity index (χ1v) is 12.4. The second kappa shape index (κ2) is 9.16. The number of aromatic nitrogens is 1. The Hall–Kier alpha value is -2.89. The molecule has 0 atom stereocenters. The molecule has 0 unspecified atom stereocenters. The van der Waals surface area contributed by atoms with E-state index in [0.717, 1.165) is 28.0 Å². The number of nitrogens with one attached hydrogen (secondary N) is 1. The number of benzene rings is 1. The van der Waals surface area contributed by atoms with Crippen molar-refractivity contribution in [3.05, 3.63) is 49.3 Å². The molecular formula is C21H22ClN3O6S2. The number of thiophene rings is 1. The van der Waals surface area contributed by atoms with E-state index >= 15 is 0 Å². The van der Waals surface area contributed by atoms with Crippen LogP contribution in [-0.4, -0.2) is 25.5 Å². The zero-order chi connectivity index (χ0) is 24.7. The van der Waals surface area contributed by atoms with Crippen molar-refractivity contribution < 1.29 is 27.3 Å². The summed E-state index contributed by atoms with van der Waals surface area (Å²) in [6, 6.07) is 1.86. The monoisotopic (exact) mass is 511 g/mol. The molecule has 3 aromatic rings. The minimum Gasteiger partial charge on any atom is -0.461 e. The molecular weight excluding hydrogens is 490 g/mol. The van der Waals surface area contributed by atoms with Gasteiger partial charge in [0, 0.05) is 17.9 Å². The van der Waals surface area contributed by atoms with Gasteiger partial charge in [0.25, 0.3) is 21.8 Å². The zero-order valence-electron chi connectivity index (χ0n) is 18.5. The number of amides is 1. The van der Waals surface area contributed by atoms with E-state index in [4.69, 9.17) is 26.6 Å². The Balaban J connectivity index is 2.24. The standard InChI is InChI=1S/C21H22ClN3O6S2/c1-9-6-10(2)16(11(3)14(9)7-30-13(5)26)15-8-32-18(20(23)27)19(15)33(28,29)25-21-17(22)12(4)24-31-21/h6,8,25H,7H2,1-5H3,(H2,23,27). The third-order valence-electron chi connectivity index (χ3n) is 5.08. The average Bonchev–Trinajstić information content (AvgIpc) is 3.27. The molecule has 0 aliphatic rings. The summed E-state index contributed by atoms with van der Waals surface area (Å²) in [4.78, 5) is 23.0. The molecule has 3 rings (SSSR count). The average molecular weight is 512 g/mol. The number of sulfonamides is 1. The summed E-state index contributed by atoms with van der Waals surface area (Å²) in [7, 11) is -4.36. The largest absolute Gasteiger partial charge is 0.461 e. The molecule has 9 nitrogen and oxygen atoms in total. The number of hydrogen-bond acceptors (Lipinski definition) is 8. The van der Waals surface area contributed by atoms with Gasteiger partial charge < -0.3 is 15.0 Å². The predicted octanol–water partition coefficient (Wildman–Crippen LogP) is 4.25. The maximum absolute atomic E-state index is 13.4. The van der Waals surface area contributed by atoms with Crippen LogP contribution in [0.4, 0.5) is 5.88 Å². The molecule has 176 valence electrons. The Morgan fingerprint density at radius 3 is 2.45 bits per heavy atom. The Kier molecular flexibility index (Phi) is 6.87. The third kappa shape index (κ3) is 4.75. The highest BCUT2D eigenvalue weighted by atomic mass is 35.5. The van der Waals surface area contributed by atoms with E-state index in [1.165, 1.54) is 6.92 Å². The SMILES string of the molecule is CC(=O)OCc1c(C)cc(C)c(-c2csc(C(N)=O)c2S(=O)(=O)Nc2onc(C)c2Cl)c1C. The number of nitrogens with zero attached hydrogens (tertiary/aromatic N) is 1. The number of nitrogens with two attached hydrogens (primary N) is 1. The molecule has 2 aromatic heterocycles. The van der Waals surface area contributed by atoms with Crippen molar-refractivity contribution in [2.45, 2.75) is 46.1 Å². The number of hydrogen-bond donors (Lipinski definition) is 2. The second-order valence-corrected chi connectivity index (χ2v) is 10.3. The smallest absolute Gasteiger partial charge is 0.302 e. The Bertz CT molecular complexity index is 1380. The molecule has 0 saturated carbocycles. The molecule has 0 spiro atoms. The molecule has 0 radical (unpaired) electrons. The normalized spacial score (nSPS) is 11.5. The first-order chi connectivity index (χ1) is 15.3. The molecule has 1 amide bonds. The van der Waals surface area contributed by atoms with Gasteiger partial charge in [-0.15, -0.1) is 11.3 Å². The van der Waals surface area contributed by atoms with Gasteiger partial charge in [0.1, 0.15) is 27.1 Å². The van der Waals surface area contributed by atoms with Crippen LogP contribution in [0.15, 0.2) is 20.9 Å². The van der Waals surface area contributed by atoms with Gasteiger partial charge in [-0.3, -0.25) is 9.59 Å². The number of carbonyl (C=O) groups excluding carboxylic acids is 2. The lowest BCUT2D eigenvalue weighted by atomic mass is 9.90. The minimum absolute atomic E-state index is 0.00217. The number of anilines is 1. The van der Waals surface area contributed by atoms with E-state index < -0.39 is 21.9 Å². The van der Waals surface area contributed by atoms with Crippen molar-refractivity contribution in [2.24, 2.45) is 5.73 Å². The van der Waals surface area contributed by atoms with Crippen LogP contribution >= 0.6 is 22.9 Å². The maximum Gasteiger partial charge on any atom is 0.302 e. The topological polar surface area (TPSA) is 142 Å². The van der Waals surface area contributed by atoms with E-state index in [0.29, 0.717) is 16.8 Å². The predicted molar refractivity (Wildman–Crippen MR) is 125 cm³/mol. The van der Waals surface area contributed by atoms with Crippen molar-refractivity contribution in [3.63, 3.8) is 0 Å². The summed E-state index contributed by atoms with van der Waals surface area (Å²) in [6.45, 7) is 8.39. The van der Waals surface area contributed by atoms with Crippen molar-refractivity contribution in [1.82, 2.24) is 5.16 Å². The van der Waals surface area contributed by atoms with E-state index in [1.54, 1.807) is 19.2 Å². The summed E-state index contributed by atoms with van der Waals surface area (Å²) in [5.74, 6) is -1.60. The zero-order valence-corrected chi connectivity index (χ0v) is 20.9. The van der Waals surface area contributed by atoms with Gasteiger partial charge in [-0.2, -0.15) is 0 Å². The Morgan fingerprint density at radius 2 is 1.91 bits per heavy atom. The number of halogens is 1. The molecule has 3 N–H and O–H groups in total. The number of carbonyl (C=O) groups is 2. The highest BCUT2D eigenvalue weighted by molar-refractivity contribution is 7.93. The van der Waals surface area contributed by atoms with Gasteiger partial charge in [0.15, 0.2) is 0 Å². The van der Waals surface area contributed by atoms with Crippen molar-refractivity contribution >= 4 is 50.7 Å². The van der Waals surface area contributed by atoms with Crippen LogP contribution < -0.4 is 10.5 Å². The van der Waals surface area contributed by atoms with Crippen LogP contribution in [0.5, 0.6) is 0 Å². The van der Waals surface area contributed by atoms with E-state index in [9.17, 15) is 18.0 Å². The van der Waals surface area contributed by atoms with Gasteiger partial charge in [0.05, 0.1) is 0 Å². The fraction of sp³-hybridized carbons (Fsp3) is 0.286. The fourth-order valence-electron chi connectivity index (χ4n) is 3.59. The third-order valence-corrected chi connectivity index (χ3v) is 8.06. The first kappa shape index (κ1) is 24.7. The summed E-state index contributed by atoms with van der Waals surface area (Å²) in [6.07, 6.45) is 0. The maximum atomic E-state index is 13.4. The Labute approximate surface area is 199 Å². The molecule has 2 heterocycles. The summed E-state index contributed by atoms with van der Waals surface area (Å²) >= 11 is 6.98. The molecule has 0 aliphatic heterocycles. The molecule has 1 aromatic carbocycles. The van der Waals surface area contributed by atoms with Crippen molar-refractivity contribution in [2.75, 3.05) is 4.72 Å². The van der Waals surface area contributed by atoms with Gasteiger partial charge >= 0.3 is 5.97 Å². The fourth-order valence-corrected chi connectivity index (χ4v) is 6.39. The molecule has 0 fully saturated rings. The van der Waals surface area contributed by atoms with Gasteiger partial charge in [-0.1, -0.05) is 22.8 Å². The van der Waals surface area contributed by atoms with Crippen molar-refractivity contribution in [1.29, 1.82) is 0 Å². The number of aryl methyl sites for hydroxylation is 3. The van der Waals surface area contributed by atoms with Crippen LogP contribution in [0, 0.1) is 27.7 Å². The molecule has 33 heavy (non-hydrogen) atoms.